The number of hydrogen-bond donors (Lipinski definition) is 1. The Kier molecular flexibility index (Phi) is 4.88. The number of pyridine rings is 1. The maximum absolute atomic E-state index is 12.8. The molecule has 4 rings (SSSR count). The molecule has 4 aromatic rings. The van der Waals surface area contributed by atoms with Crippen molar-refractivity contribution in [1.29, 1.82) is 0 Å². The van der Waals surface area contributed by atoms with Gasteiger partial charge >= 0.3 is 5.63 Å². The van der Waals surface area contributed by atoms with Gasteiger partial charge in [-0.15, -0.1) is 0 Å². The van der Waals surface area contributed by atoms with Crippen molar-refractivity contribution in [3.8, 4) is 5.75 Å². The molecule has 2 aromatic carbocycles. The summed E-state index contributed by atoms with van der Waals surface area (Å²) in [5, 5.41) is 12.1. The SMILES string of the molecule is Cc1cccc(CC(c2ccc(Cl)cc2)c2c(O)c3ccccc3oc2=O)n1. The molecule has 0 aliphatic carbocycles. The fraction of sp³-hybridized carbons (Fsp3) is 0.130. The van der Waals surface area contributed by atoms with Gasteiger partial charge in [0.25, 0.3) is 0 Å². The zero-order valence-electron chi connectivity index (χ0n) is 15.2. The second-order valence-electron chi connectivity index (χ2n) is 6.73. The smallest absolute Gasteiger partial charge is 0.343 e. The number of nitrogens with zero attached hydrogens (tertiary/aromatic N) is 1. The van der Waals surface area contributed by atoms with Crippen LogP contribution in [-0.4, -0.2) is 10.1 Å². The van der Waals surface area contributed by atoms with Gasteiger partial charge in [0.1, 0.15) is 11.3 Å². The van der Waals surface area contributed by atoms with Crippen LogP contribution < -0.4 is 5.63 Å². The van der Waals surface area contributed by atoms with Gasteiger partial charge < -0.3 is 9.52 Å². The molecule has 1 unspecified atom stereocenters. The first-order valence-corrected chi connectivity index (χ1v) is 9.33. The Morgan fingerprint density at radius 2 is 1.79 bits per heavy atom. The average Bonchev–Trinajstić information content (AvgIpc) is 2.68. The molecular formula is C23H18ClNO3. The summed E-state index contributed by atoms with van der Waals surface area (Å²) in [6, 6.07) is 20.0. The third kappa shape index (κ3) is 3.51. The predicted molar refractivity (Wildman–Crippen MR) is 110 cm³/mol. The molecule has 0 amide bonds. The van der Waals surface area contributed by atoms with Gasteiger partial charge in [-0.1, -0.05) is 41.9 Å². The third-order valence-electron chi connectivity index (χ3n) is 4.80. The molecule has 1 N–H and O–H groups in total. The second kappa shape index (κ2) is 7.49. The van der Waals surface area contributed by atoms with Crippen LogP contribution in [0.3, 0.4) is 0 Å². The maximum atomic E-state index is 12.8. The summed E-state index contributed by atoms with van der Waals surface area (Å²) in [4.78, 5) is 17.4. The van der Waals surface area contributed by atoms with Crippen molar-refractivity contribution in [3.05, 3.63) is 105 Å². The molecule has 0 saturated carbocycles. The average molecular weight is 392 g/mol. The number of halogens is 1. The van der Waals surface area contributed by atoms with Crippen LogP contribution in [0.25, 0.3) is 11.0 Å². The quantitative estimate of drug-likeness (QED) is 0.484. The van der Waals surface area contributed by atoms with Crippen LogP contribution in [0.15, 0.2) is 75.9 Å². The summed E-state index contributed by atoms with van der Waals surface area (Å²) in [5.41, 5.74) is 2.60. The summed E-state index contributed by atoms with van der Waals surface area (Å²) in [6.45, 7) is 1.92. The molecule has 0 aliphatic rings. The molecular weight excluding hydrogens is 374 g/mol. The number of fused-ring (bicyclic) bond motifs is 1. The van der Waals surface area contributed by atoms with Crippen LogP contribution in [0, 0.1) is 6.92 Å². The second-order valence-corrected chi connectivity index (χ2v) is 7.16. The van der Waals surface area contributed by atoms with Crippen molar-refractivity contribution in [3.63, 3.8) is 0 Å². The van der Waals surface area contributed by atoms with E-state index in [-0.39, 0.29) is 11.3 Å². The number of rotatable bonds is 4. The van der Waals surface area contributed by atoms with Crippen LogP contribution in [0.4, 0.5) is 0 Å². The van der Waals surface area contributed by atoms with E-state index in [1.54, 1.807) is 36.4 Å². The minimum Gasteiger partial charge on any atom is -0.507 e. The van der Waals surface area contributed by atoms with Gasteiger partial charge in [0, 0.05) is 28.7 Å². The van der Waals surface area contributed by atoms with Gasteiger partial charge in [-0.3, -0.25) is 4.98 Å². The first-order valence-electron chi connectivity index (χ1n) is 8.95. The standard InChI is InChI=1S/C23H18ClNO3/c1-14-5-4-6-17(25-14)13-19(15-9-11-16(24)12-10-15)21-22(26)18-7-2-3-8-20(18)28-23(21)27/h2-12,19,26H,13H2,1H3. The Labute approximate surface area is 167 Å². The Bertz CT molecular complexity index is 1200. The maximum Gasteiger partial charge on any atom is 0.343 e. The van der Waals surface area contributed by atoms with Gasteiger partial charge in [-0.25, -0.2) is 4.79 Å². The molecule has 0 spiro atoms. The van der Waals surface area contributed by atoms with Gasteiger partial charge in [0.15, 0.2) is 0 Å². The van der Waals surface area contributed by atoms with Crippen LogP contribution in [0.2, 0.25) is 5.02 Å². The lowest BCUT2D eigenvalue weighted by Crippen LogP contribution is -2.17. The van der Waals surface area contributed by atoms with Crippen molar-refractivity contribution in [2.24, 2.45) is 0 Å². The third-order valence-corrected chi connectivity index (χ3v) is 5.05. The molecule has 1 atom stereocenters. The molecule has 0 fully saturated rings. The lowest BCUT2D eigenvalue weighted by atomic mass is 9.87. The first-order chi connectivity index (χ1) is 13.5. The lowest BCUT2D eigenvalue weighted by molar-refractivity contribution is 0.450. The Hall–Kier alpha value is -3.11. The van der Waals surface area contributed by atoms with E-state index in [4.69, 9.17) is 16.0 Å². The van der Waals surface area contributed by atoms with E-state index in [1.165, 1.54) is 0 Å². The molecule has 0 bridgehead atoms. The highest BCUT2D eigenvalue weighted by molar-refractivity contribution is 6.30. The summed E-state index contributed by atoms with van der Waals surface area (Å²) in [5.74, 6) is -0.480. The van der Waals surface area contributed by atoms with Crippen molar-refractivity contribution >= 4 is 22.6 Å². The fourth-order valence-electron chi connectivity index (χ4n) is 3.46. The highest BCUT2D eigenvalue weighted by Crippen LogP contribution is 2.36. The molecule has 140 valence electrons. The molecule has 5 heteroatoms. The number of para-hydroxylation sites is 1. The summed E-state index contributed by atoms with van der Waals surface area (Å²) in [6.07, 6.45) is 0.444. The van der Waals surface area contributed by atoms with Crippen LogP contribution in [0.1, 0.15) is 28.4 Å². The number of aromatic hydroxyl groups is 1. The number of hydrogen-bond acceptors (Lipinski definition) is 4. The van der Waals surface area contributed by atoms with Gasteiger partial charge in [0.05, 0.1) is 10.9 Å². The van der Waals surface area contributed by atoms with E-state index in [9.17, 15) is 9.90 Å². The van der Waals surface area contributed by atoms with E-state index < -0.39 is 11.5 Å². The lowest BCUT2D eigenvalue weighted by Gasteiger charge is -2.19. The number of aromatic nitrogens is 1. The molecule has 2 aromatic heterocycles. The molecule has 0 saturated heterocycles. The minimum atomic E-state index is -0.552. The van der Waals surface area contributed by atoms with Crippen molar-refractivity contribution < 1.29 is 9.52 Å². The molecule has 28 heavy (non-hydrogen) atoms. The predicted octanol–water partition coefficient (Wildman–Crippen LogP) is 5.23. The highest BCUT2D eigenvalue weighted by atomic mass is 35.5. The Balaban J connectivity index is 1.91. The highest BCUT2D eigenvalue weighted by Gasteiger charge is 2.25. The zero-order chi connectivity index (χ0) is 19.7. The first kappa shape index (κ1) is 18.3. The minimum absolute atomic E-state index is 0.0561. The van der Waals surface area contributed by atoms with E-state index in [0.717, 1.165) is 17.0 Å². The molecule has 4 nitrogen and oxygen atoms in total. The van der Waals surface area contributed by atoms with E-state index in [0.29, 0.717) is 22.4 Å². The van der Waals surface area contributed by atoms with Crippen LogP contribution in [0.5, 0.6) is 5.75 Å². The Morgan fingerprint density at radius 1 is 1.04 bits per heavy atom. The fourth-order valence-corrected chi connectivity index (χ4v) is 3.59. The van der Waals surface area contributed by atoms with E-state index in [2.05, 4.69) is 4.98 Å². The number of aryl methyl sites for hydroxylation is 1. The van der Waals surface area contributed by atoms with Gasteiger partial charge in [-0.05, 0) is 48.9 Å². The van der Waals surface area contributed by atoms with Crippen molar-refractivity contribution in [2.75, 3.05) is 0 Å². The normalized spacial score (nSPS) is 12.2. The van der Waals surface area contributed by atoms with Crippen molar-refractivity contribution in [1.82, 2.24) is 4.98 Å². The zero-order valence-corrected chi connectivity index (χ0v) is 16.0. The monoisotopic (exact) mass is 391 g/mol. The molecule has 0 radical (unpaired) electrons. The van der Waals surface area contributed by atoms with E-state index in [1.807, 2.05) is 37.3 Å². The Morgan fingerprint density at radius 3 is 2.54 bits per heavy atom. The van der Waals surface area contributed by atoms with Gasteiger partial charge in [-0.2, -0.15) is 0 Å². The van der Waals surface area contributed by atoms with E-state index >= 15 is 0 Å². The summed E-state index contributed by atoms with van der Waals surface area (Å²) >= 11 is 6.04. The summed E-state index contributed by atoms with van der Waals surface area (Å²) in [7, 11) is 0. The number of benzene rings is 2. The van der Waals surface area contributed by atoms with Crippen molar-refractivity contribution in [2.45, 2.75) is 19.3 Å². The molecule has 2 heterocycles. The van der Waals surface area contributed by atoms with Crippen LogP contribution >= 0.6 is 11.6 Å². The molecule has 0 aliphatic heterocycles. The van der Waals surface area contributed by atoms with Crippen LogP contribution in [-0.2, 0) is 6.42 Å². The largest absolute Gasteiger partial charge is 0.507 e. The summed E-state index contributed by atoms with van der Waals surface area (Å²) < 4.78 is 5.50. The topological polar surface area (TPSA) is 63.3 Å². The van der Waals surface area contributed by atoms with Gasteiger partial charge in [0.2, 0.25) is 0 Å².